The fourth-order valence-electron chi connectivity index (χ4n) is 3.34. The number of nitrogens with zero attached hydrogens (tertiary/aromatic N) is 1. The molecular formula is C25H34BNO. The maximum Gasteiger partial charge on any atom is 0.374 e. The molecular weight excluding hydrogens is 341 g/mol. The number of hydrogen-bond donors (Lipinski definition) is 0. The maximum absolute atomic E-state index is 5.49. The van der Waals surface area contributed by atoms with Gasteiger partial charge in [0.2, 0.25) is 0 Å². The molecule has 2 rings (SSSR count). The first-order valence-corrected chi connectivity index (χ1v) is 10.4. The summed E-state index contributed by atoms with van der Waals surface area (Å²) in [6, 6.07) is 10.7. The number of rotatable bonds is 7. The molecule has 0 unspecified atom stereocenters. The second-order valence-corrected chi connectivity index (χ2v) is 8.84. The molecule has 0 aliphatic rings. The highest BCUT2D eigenvalue weighted by Crippen LogP contribution is 2.38. The average molecular weight is 375 g/mol. The van der Waals surface area contributed by atoms with Crippen LogP contribution in [0.3, 0.4) is 0 Å². The summed E-state index contributed by atoms with van der Waals surface area (Å²) >= 11 is 0. The Bertz CT molecular complexity index is 805. The normalized spacial score (nSPS) is 12.1. The molecule has 0 aliphatic heterocycles. The Hall–Kier alpha value is -2.03. The zero-order valence-corrected chi connectivity index (χ0v) is 18.7. The van der Waals surface area contributed by atoms with E-state index in [4.69, 9.17) is 17.7 Å². The van der Waals surface area contributed by atoms with E-state index in [1.165, 1.54) is 22.3 Å². The van der Waals surface area contributed by atoms with E-state index >= 15 is 0 Å². The molecule has 0 bridgehead atoms. The van der Waals surface area contributed by atoms with Gasteiger partial charge in [-0.25, -0.2) is 0 Å². The summed E-state index contributed by atoms with van der Waals surface area (Å²) in [7, 11) is 5.49. The van der Waals surface area contributed by atoms with Gasteiger partial charge in [0, 0.05) is 11.8 Å². The summed E-state index contributed by atoms with van der Waals surface area (Å²) in [6.45, 7) is 17.8. The molecule has 0 atom stereocenters. The highest BCUT2D eigenvalue weighted by molar-refractivity contribution is 6.01. The minimum absolute atomic E-state index is 0.399. The van der Waals surface area contributed by atoms with Crippen LogP contribution in [0.2, 0.25) is 0 Å². The standard InChI is InChI=1S/C25H34BNO/c1-15(2)19-9-10-24(28-26)21(11-19)14-27-25-22(17(5)6)12-20(16(3)4)13-23(25)18(7)8/h9-18H,1-8H3. The highest BCUT2D eigenvalue weighted by Gasteiger charge is 2.17. The molecule has 0 heterocycles. The molecule has 0 fully saturated rings. The molecule has 2 aromatic carbocycles. The summed E-state index contributed by atoms with van der Waals surface area (Å²) in [5.41, 5.74) is 7.19. The molecule has 3 heteroatoms. The van der Waals surface area contributed by atoms with Gasteiger partial charge in [0.05, 0.1) is 5.69 Å². The molecule has 148 valence electrons. The smallest absolute Gasteiger partial charge is 0.374 e. The molecule has 0 N–H and O–H groups in total. The van der Waals surface area contributed by atoms with Crippen LogP contribution in [0.25, 0.3) is 0 Å². The number of hydrogen-bond acceptors (Lipinski definition) is 2. The van der Waals surface area contributed by atoms with Crippen molar-refractivity contribution in [3.05, 3.63) is 58.1 Å². The lowest BCUT2D eigenvalue weighted by atomic mass is 9.87. The Balaban J connectivity index is 2.63. The molecule has 2 nitrogen and oxygen atoms in total. The fourth-order valence-corrected chi connectivity index (χ4v) is 3.34. The van der Waals surface area contributed by atoms with Gasteiger partial charge in [0.25, 0.3) is 0 Å². The van der Waals surface area contributed by atoms with Crippen LogP contribution < -0.4 is 4.65 Å². The van der Waals surface area contributed by atoms with Gasteiger partial charge in [-0.05, 0) is 58.1 Å². The van der Waals surface area contributed by atoms with Crippen molar-refractivity contribution >= 4 is 20.0 Å². The maximum atomic E-state index is 5.49. The van der Waals surface area contributed by atoms with Gasteiger partial charge in [0.1, 0.15) is 5.75 Å². The summed E-state index contributed by atoms with van der Waals surface area (Å²) in [6.07, 6.45) is 1.90. The summed E-state index contributed by atoms with van der Waals surface area (Å²) in [5.74, 6) is 2.37. The van der Waals surface area contributed by atoms with E-state index in [-0.39, 0.29) is 0 Å². The molecule has 0 saturated carbocycles. The average Bonchev–Trinajstić information content (AvgIpc) is 2.64. The SMILES string of the molecule is [B]Oc1ccc(C(C)C)cc1C=Nc1c(C(C)C)cc(C(C)C)cc1C(C)C. The van der Waals surface area contributed by atoms with Gasteiger partial charge in [-0.15, -0.1) is 0 Å². The van der Waals surface area contributed by atoms with E-state index in [0.717, 1.165) is 11.3 Å². The van der Waals surface area contributed by atoms with Crippen LogP contribution in [0.15, 0.2) is 35.3 Å². The van der Waals surface area contributed by atoms with E-state index < -0.39 is 0 Å². The predicted molar refractivity (Wildman–Crippen MR) is 123 cm³/mol. The second-order valence-electron chi connectivity index (χ2n) is 8.84. The first-order valence-electron chi connectivity index (χ1n) is 10.4. The molecule has 0 amide bonds. The van der Waals surface area contributed by atoms with Crippen molar-refractivity contribution in [2.24, 2.45) is 4.99 Å². The van der Waals surface area contributed by atoms with Gasteiger partial charge in [0.15, 0.2) is 0 Å². The molecule has 28 heavy (non-hydrogen) atoms. The van der Waals surface area contributed by atoms with Crippen molar-refractivity contribution in [1.29, 1.82) is 0 Å². The van der Waals surface area contributed by atoms with E-state index in [2.05, 4.69) is 79.7 Å². The van der Waals surface area contributed by atoms with Crippen molar-refractivity contribution < 1.29 is 4.65 Å². The van der Waals surface area contributed by atoms with Crippen molar-refractivity contribution in [1.82, 2.24) is 0 Å². The lowest BCUT2D eigenvalue weighted by Crippen LogP contribution is -2.01. The first-order chi connectivity index (χ1) is 13.1. The Morgan fingerprint density at radius 3 is 1.71 bits per heavy atom. The van der Waals surface area contributed by atoms with Crippen molar-refractivity contribution in [2.75, 3.05) is 0 Å². The molecule has 2 radical (unpaired) electrons. The number of benzene rings is 2. The van der Waals surface area contributed by atoms with Gasteiger partial charge >= 0.3 is 8.05 Å². The third kappa shape index (κ3) is 5.07. The van der Waals surface area contributed by atoms with Crippen LogP contribution in [0, 0.1) is 0 Å². The van der Waals surface area contributed by atoms with Gasteiger partial charge < -0.3 is 4.65 Å². The minimum Gasteiger partial charge on any atom is -0.567 e. The van der Waals surface area contributed by atoms with Crippen LogP contribution in [0.5, 0.6) is 5.75 Å². The third-order valence-corrected chi connectivity index (χ3v) is 5.26. The Kier molecular flexibility index (Phi) is 7.52. The first kappa shape index (κ1) is 22.3. The Morgan fingerprint density at radius 2 is 1.29 bits per heavy atom. The Morgan fingerprint density at radius 1 is 0.750 bits per heavy atom. The Labute approximate surface area is 172 Å². The van der Waals surface area contributed by atoms with Gasteiger partial charge in [-0.1, -0.05) is 73.6 Å². The molecule has 0 saturated heterocycles. The zero-order chi connectivity index (χ0) is 21.0. The quantitative estimate of drug-likeness (QED) is 0.365. The van der Waals surface area contributed by atoms with Gasteiger partial charge in [-0.3, -0.25) is 4.99 Å². The lowest BCUT2D eigenvalue weighted by molar-refractivity contribution is 0.614. The van der Waals surface area contributed by atoms with Crippen LogP contribution in [-0.2, 0) is 0 Å². The largest absolute Gasteiger partial charge is 0.567 e. The van der Waals surface area contributed by atoms with Crippen molar-refractivity contribution in [2.45, 2.75) is 79.1 Å². The third-order valence-electron chi connectivity index (χ3n) is 5.26. The lowest BCUT2D eigenvalue weighted by Gasteiger charge is -2.20. The molecule has 2 aromatic rings. The zero-order valence-electron chi connectivity index (χ0n) is 18.7. The molecule has 0 aromatic heterocycles. The van der Waals surface area contributed by atoms with E-state index in [9.17, 15) is 0 Å². The summed E-state index contributed by atoms with van der Waals surface area (Å²) in [4.78, 5) is 4.97. The van der Waals surface area contributed by atoms with Crippen molar-refractivity contribution in [3.8, 4) is 5.75 Å². The van der Waals surface area contributed by atoms with E-state index in [1.54, 1.807) is 0 Å². The predicted octanol–water partition coefficient (Wildman–Crippen LogP) is 7.39. The second kappa shape index (κ2) is 9.45. The van der Waals surface area contributed by atoms with Crippen LogP contribution in [0.4, 0.5) is 5.69 Å². The van der Waals surface area contributed by atoms with Crippen LogP contribution in [0.1, 0.15) is 107 Å². The van der Waals surface area contributed by atoms with Crippen LogP contribution in [-0.4, -0.2) is 14.3 Å². The van der Waals surface area contributed by atoms with Gasteiger partial charge in [-0.2, -0.15) is 0 Å². The van der Waals surface area contributed by atoms with Crippen LogP contribution >= 0.6 is 0 Å². The highest BCUT2D eigenvalue weighted by atomic mass is 16.4. The van der Waals surface area contributed by atoms with Crippen molar-refractivity contribution in [3.63, 3.8) is 0 Å². The molecule has 0 spiro atoms. The monoisotopic (exact) mass is 375 g/mol. The fraction of sp³-hybridized carbons (Fsp3) is 0.480. The number of aliphatic imine (C=N–C) groups is 1. The molecule has 0 aliphatic carbocycles. The minimum atomic E-state index is 0.399. The topological polar surface area (TPSA) is 21.6 Å². The van der Waals surface area contributed by atoms with E-state index in [1.807, 2.05) is 12.3 Å². The summed E-state index contributed by atoms with van der Waals surface area (Å²) in [5, 5.41) is 0. The van der Waals surface area contributed by atoms with E-state index in [0.29, 0.717) is 29.4 Å². The summed E-state index contributed by atoms with van der Waals surface area (Å²) < 4.78 is 5.08.